The molecule has 20 heavy (non-hydrogen) atoms. The van der Waals surface area contributed by atoms with E-state index in [2.05, 4.69) is 0 Å². The molecular formula is C13H14N2O4S. The molecule has 0 saturated heterocycles. The SMILES string of the molecule is CCc1cn(S(=O)(=O)c2ccc(C)cc2)c(=O)[nH]c1=O. The zero-order valence-corrected chi connectivity index (χ0v) is 11.9. The Bertz CT molecular complexity index is 845. The number of aryl methyl sites for hydroxylation is 2. The van der Waals surface area contributed by atoms with Gasteiger partial charge in [0.25, 0.3) is 15.6 Å². The van der Waals surface area contributed by atoms with Crippen LogP contribution < -0.4 is 11.2 Å². The van der Waals surface area contributed by atoms with Crippen molar-refractivity contribution in [3.8, 4) is 0 Å². The first kappa shape index (κ1) is 14.3. The highest BCUT2D eigenvalue weighted by molar-refractivity contribution is 7.90. The molecule has 0 aliphatic carbocycles. The van der Waals surface area contributed by atoms with Crippen molar-refractivity contribution < 1.29 is 8.42 Å². The van der Waals surface area contributed by atoms with Gasteiger partial charge in [-0.05, 0) is 25.5 Å². The zero-order chi connectivity index (χ0) is 14.9. The Hall–Kier alpha value is -2.15. The molecule has 2 rings (SSSR count). The second-order valence-electron chi connectivity index (χ2n) is 4.38. The maximum Gasteiger partial charge on any atom is 0.342 e. The number of rotatable bonds is 3. The van der Waals surface area contributed by atoms with E-state index in [4.69, 9.17) is 0 Å². The van der Waals surface area contributed by atoms with Gasteiger partial charge in [-0.25, -0.2) is 13.2 Å². The Kier molecular flexibility index (Phi) is 3.63. The van der Waals surface area contributed by atoms with E-state index in [1.807, 2.05) is 11.9 Å². The first-order valence-electron chi connectivity index (χ1n) is 6.03. The summed E-state index contributed by atoms with van der Waals surface area (Å²) in [5.74, 6) is 0. The highest BCUT2D eigenvalue weighted by Gasteiger charge is 2.19. The van der Waals surface area contributed by atoms with E-state index < -0.39 is 21.3 Å². The molecule has 1 heterocycles. The number of nitrogens with zero attached hydrogens (tertiary/aromatic N) is 1. The number of hydrogen-bond donors (Lipinski definition) is 1. The number of hydrogen-bond acceptors (Lipinski definition) is 4. The molecule has 1 N–H and O–H groups in total. The normalized spacial score (nSPS) is 11.5. The molecule has 0 bridgehead atoms. The third kappa shape index (κ3) is 2.44. The van der Waals surface area contributed by atoms with E-state index in [0.717, 1.165) is 11.8 Å². The van der Waals surface area contributed by atoms with Crippen molar-refractivity contribution >= 4 is 10.0 Å². The summed E-state index contributed by atoms with van der Waals surface area (Å²) in [7, 11) is -4.00. The summed E-state index contributed by atoms with van der Waals surface area (Å²) in [6, 6.07) is 6.14. The van der Waals surface area contributed by atoms with E-state index in [0.29, 0.717) is 10.4 Å². The van der Waals surface area contributed by atoms with E-state index in [1.165, 1.54) is 12.1 Å². The molecule has 1 aromatic heterocycles. The summed E-state index contributed by atoms with van der Waals surface area (Å²) < 4.78 is 25.3. The molecule has 0 unspecified atom stereocenters. The molecule has 6 nitrogen and oxygen atoms in total. The lowest BCUT2D eigenvalue weighted by atomic mass is 10.2. The van der Waals surface area contributed by atoms with Crippen LogP contribution in [0.1, 0.15) is 18.1 Å². The van der Waals surface area contributed by atoms with Gasteiger partial charge in [0.2, 0.25) is 0 Å². The van der Waals surface area contributed by atoms with Crippen molar-refractivity contribution in [2.24, 2.45) is 0 Å². The Labute approximate surface area is 115 Å². The van der Waals surface area contributed by atoms with Crippen LogP contribution >= 0.6 is 0 Å². The van der Waals surface area contributed by atoms with Crippen LogP contribution in [0.15, 0.2) is 44.9 Å². The molecule has 7 heteroatoms. The summed E-state index contributed by atoms with van der Waals surface area (Å²) in [6.07, 6.45) is 1.41. The largest absolute Gasteiger partial charge is 0.342 e. The fourth-order valence-electron chi connectivity index (χ4n) is 1.75. The van der Waals surface area contributed by atoms with Crippen molar-refractivity contribution in [3.05, 3.63) is 62.4 Å². The molecule has 1 aromatic carbocycles. The zero-order valence-electron chi connectivity index (χ0n) is 11.1. The molecule has 0 radical (unpaired) electrons. The lowest BCUT2D eigenvalue weighted by Crippen LogP contribution is -2.35. The van der Waals surface area contributed by atoms with Crippen molar-refractivity contribution in [1.29, 1.82) is 0 Å². The van der Waals surface area contributed by atoms with Gasteiger partial charge in [0.15, 0.2) is 0 Å². The maximum atomic E-state index is 12.4. The molecule has 2 aromatic rings. The molecule has 0 aliphatic rings. The van der Waals surface area contributed by atoms with Gasteiger partial charge in [0.05, 0.1) is 4.90 Å². The van der Waals surface area contributed by atoms with Crippen LogP contribution in [0.4, 0.5) is 0 Å². The maximum absolute atomic E-state index is 12.4. The van der Waals surface area contributed by atoms with E-state index in [9.17, 15) is 18.0 Å². The average Bonchev–Trinajstić information content (AvgIpc) is 2.39. The molecule has 0 amide bonds. The number of aromatic amines is 1. The summed E-state index contributed by atoms with van der Waals surface area (Å²) in [4.78, 5) is 25.2. The lowest BCUT2D eigenvalue weighted by Gasteiger charge is -2.08. The summed E-state index contributed by atoms with van der Waals surface area (Å²) in [5.41, 5.74) is -0.382. The third-order valence-electron chi connectivity index (χ3n) is 2.94. The average molecular weight is 294 g/mol. The van der Waals surface area contributed by atoms with Gasteiger partial charge in [0.1, 0.15) is 0 Å². The predicted molar refractivity (Wildman–Crippen MR) is 74.5 cm³/mol. The van der Waals surface area contributed by atoms with Crippen LogP contribution in [0, 0.1) is 6.92 Å². The molecular weight excluding hydrogens is 280 g/mol. The number of aromatic nitrogens is 2. The molecule has 106 valence electrons. The minimum absolute atomic E-state index is 0.000646. The fraction of sp³-hybridized carbons (Fsp3) is 0.231. The second kappa shape index (κ2) is 5.09. The Morgan fingerprint density at radius 3 is 2.30 bits per heavy atom. The quantitative estimate of drug-likeness (QED) is 0.900. The smallest absolute Gasteiger partial charge is 0.273 e. The first-order valence-corrected chi connectivity index (χ1v) is 7.47. The van der Waals surface area contributed by atoms with Gasteiger partial charge in [0, 0.05) is 11.8 Å². The topological polar surface area (TPSA) is 89.0 Å². The number of nitrogens with one attached hydrogen (secondary N) is 1. The Morgan fingerprint density at radius 2 is 1.75 bits per heavy atom. The molecule has 0 atom stereocenters. The minimum atomic E-state index is -4.00. The van der Waals surface area contributed by atoms with Crippen molar-refractivity contribution in [2.45, 2.75) is 25.2 Å². The highest BCUT2D eigenvalue weighted by atomic mass is 32.2. The Balaban J connectivity index is 2.69. The summed E-state index contributed by atoms with van der Waals surface area (Å²) >= 11 is 0. The minimum Gasteiger partial charge on any atom is -0.273 e. The second-order valence-corrected chi connectivity index (χ2v) is 6.20. The predicted octanol–water partition coefficient (Wildman–Crippen LogP) is 0.644. The molecule has 0 aliphatic heterocycles. The standard InChI is InChI=1S/C13H14N2O4S/c1-3-10-8-15(13(17)14-12(10)16)20(18,19)11-6-4-9(2)5-7-11/h4-8H,3H2,1-2H3,(H,14,16,17). The molecule has 0 fully saturated rings. The molecule has 0 saturated carbocycles. The number of H-pyrrole nitrogens is 1. The van der Waals surface area contributed by atoms with Gasteiger partial charge in [-0.3, -0.25) is 9.78 Å². The van der Waals surface area contributed by atoms with Crippen LogP contribution in [-0.2, 0) is 16.4 Å². The van der Waals surface area contributed by atoms with Gasteiger partial charge in [-0.15, -0.1) is 0 Å². The van der Waals surface area contributed by atoms with Gasteiger partial charge < -0.3 is 0 Å². The first-order chi connectivity index (χ1) is 9.36. The van der Waals surface area contributed by atoms with Crippen LogP contribution in [0.2, 0.25) is 0 Å². The van der Waals surface area contributed by atoms with E-state index in [-0.39, 0.29) is 10.5 Å². The van der Waals surface area contributed by atoms with Crippen LogP contribution in [0.3, 0.4) is 0 Å². The van der Waals surface area contributed by atoms with Crippen molar-refractivity contribution in [3.63, 3.8) is 0 Å². The van der Waals surface area contributed by atoms with Crippen LogP contribution in [-0.4, -0.2) is 17.4 Å². The molecule has 0 spiro atoms. The fourth-order valence-corrected chi connectivity index (χ4v) is 2.98. The summed E-state index contributed by atoms with van der Waals surface area (Å²) in [6.45, 7) is 3.54. The lowest BCUT2D eigenvalue weighted by molar-refractivity contribution is 0.583. The van der Waals surface area contributed by atoms with Crippen LogP contribution in [0.25, 0.3) is 0 Å². The van der Waals surface area contributed by atoms with E-state index >= 15 is 0 Å². The van der Waals surface area contributed by atoms with Crippen LogP contribution in [0.5, 0.6) is 0 Å². The van der Waals surface area contributed by atoms with Gasteiger partial charge in [-0.1, -0.05) is 24.6 Å². The van der Waals surface area contributed by atoms with Gasteiger partial charge >= 0.3 is 5.69 Å². The summed E-state index contributed by atoms with van der Waals surface area (Å²) in [5, 5.41) is 0. The Morgan fingerprint density at radius 1 is 1.15 bits per heavy atom. The highest BCUT2D eigenvalue weighted by Crippen LogP contribution is 2.12. The number of benzene rings is 1. The monoisotopic (exact) mass is 294 g/mol. The third-order valence-corrected chi connectivity index (χ3v) is 4.60. The van der Waals surface area contributed by atoms with E-state index in [1.54, 1.807) is 19.1 Å². The van der Waals surface area contributed by atoms with Gasteiger partial charge in [-0.2, -0.15) is 3.97 Å². The van der Waals surface area contributed by atoms with Crippen molar-refractivity contribution in [1.82, 2.24) is 8.96 Å². The van der Waals surface area contributed by atoms with Crippen molar-refractivity contribution in [2.75, 3.05) is 0 Å².